The Bertz CT molecular complexity index is 182. The Kier molecular flexibility index (Phi) is 5.03. The van der Waals surface area contributed by atoms with Gasteiger partial charge in [0.1, 0.15) is 0 Å². The van der Waals surface area contributed by atoms with Crippen molar-refractivity contribution in [3.63, 3.8) is 0 Å². The van der Waals surface area contributed by atoms with E-state index in [1.165, 1.54) is 19.3 Å². The molecule has 2 N–H and O–H groups in total. The first-order valence-corrected chi connectivity index (χ1v) is 6.22. The molecule has 1 aliphatic rings. The maximum atomic E-state index is 6.17. The molecule has 15 heavy (non-hydrogen) atoms. The van der Waals surface area contributed by atoms with Crippen LogP contribution in [0.25, 0.3) is 0 Å². The molecule has 90 valence electrons. The molecule has 0 amide bonds. The number of hydrogen-bond donors (Lipinski definition) is 1. The van der Waals surface area contributed by atoms with E-state index in [1.807, 2.05) is 0 Å². The van der Waals surface area contributed by atoms with Crippen LogP contribution in [0, 0.1) is 0 Å². The molecule has 0 aromatic carbocycles. The fraction of sp³-hybridized carbons (Fsp3) is 1.00. The van der Waals surface area contributed by atoms with Gasteiger partial charge in [-0.1, -0.05) is 13.3 Å². The van der Waals surface area contributed by atoms with Crippen molar-refractivity contribution < 1.29 is 0 Å². The zero-order valence-electron chi connectivity index (χ0n) is 10.7. The molecule has 3 nitrogen and oxygen atoms in total. The molecule has 0 saturated heterocycles. The summed E-state index contributed by atoms with van der Waals surface area (Å²) in [6.45, 7) is 6.80. The zero-order chi connectivity index (χ0) is 11.4. The molecule has 0 radical (unpaired) electrons. The van der Waals surface area contributed by atoms with Crippen LogP contribution in [0.2, 0.25) is 0 Å². The van der Waals surface area contributed by atoms with Gasteiger partial charge in [-0.2, -0.15) is 0 Å². The van der Waals surface area contributed by atoms with E-state index in [2.05, 4.69) is 37.7 Å². The number of rotatable bonds is 5. The van der Waals surface area contributed by atoms with Gasteiger partial charge >= 0.3 is 0 Å². The van der Waals surface area contributed by atoms with Crippen LogP contribution in [-0.2, 0) is 0 Å². The van der Waals surface area contributed by atoms with Crippen molar-refractivity contribution in [2.75, 3.05) is 27.2 Å². The highest BCUT2D eigenvalue weighted by Crippen LogP contribution is 2.24. The van der Waals surface area contributed by atoms with Crippen LogP contribution in [-0.4, -0.2) is 55.1 Å². The summed E-state index contributed by atoms with van der Waals surface area (Å²) < 4.78 is 0. The second-order valence-electron chi connectivity index (χ2n) is 5.10. The minimum absolute atomic E-state index is 0.398. The van der Waals surface area contributed by atoms with E-state index in [4.69, 9.17) is 5.73 Å². The molecule has 1 aliphatic carbocycles. The summed E-state index contributed by atoms with van der Waals surface area (Å²) in [5, 5.41) is 0. The molecule has 0 aliphatic heterocycles. The van der Waals surface area contributed by atoms with E-state index >= 15 is 0 Å². The van der Waals surface area contributed by atoms with E-state index in [0.717, 1.165) is 13.1 Å². The summed E-state index contributed by atoms with van der Waals surface area (Å²) in [4.78, 5) is 4.84. The second-order valence-corrected chi connectivity index (χ2v) is 5.10. The molecule has 0 spiro atoms. The molecule has 1 saturated carbocycles. The van der Waals surface area contributed by atoms with Gasteiger partial charge < -0.3 is 10.6 Å². The number of likely N-dealkylation sites (N-methyl/N-ethyl adjacent to an activating group) is 2. The van der Waals surface area contributed by atoms with Gasteiger partial charge in [-0.25, -0.2) is 0 Å². The van der Waals surface area contributed by atoms with E-state index in [-0.39, 0.29) is 0 Å². The Morgan fingerprint density at radius 2 is 2.00 bits per heavy atom. The van der Waals surface area contributed by atoms with Gasteiger partial charge in [-0.15, -0.1) is 0 Å². The van der Waals surface area contributed by atoms with Crippen molar-refractivity contribution >= 4 is 0 Å². The molecule has 1 fully saturated rings. The SMILES string of the molecule is CCN(C(C)CN(C)C)C1CCCC1N. The number of nitrogens with two attached hydrogens (primary N) is 1. The van der Waals surface area contributed by atoms with Gasteiger partial charge in [0.25, 0.3) is 0 Å². The predicted molar refractivity (Wildman–Crippen MR) is 66.0 cm³/mol. The smallest absolute Gasteiger partial charge is 0.0250 e. The Balaban J connectivity index is 2.53. The molecular formula is C12H27N3. The van der Waals surface area contributed by atoms with Crippen LogP contribution in [0.3, 0.4) is 0 Å². The molecule has 3 atom stereocenters. The van der Waals surface area contributed by atoms with Gasteiger partial charge in [0, 0.05) is 24.7 Å². The minimum atomic E-state index is 0.398. The lowest BCUT2D eigenvalue weighted by Crippen LogP contribution is -2.51. The van der Waals surface area contributed by atoms with Gasteiger partial charge in [0.15, 0.2) is 0 Å². The van der Waals surface area contributed by atoms with Gasteiger partial charge in [-0.05, 0) is 40.4 Å². The largest absolute Gasteiger partial charge is 0.326 e. The summed E-state index contributed by atoms with van der Waals surface area (Å²) in [5.74, 6) is 0. The van der Waals surface area contributed by atoms with Crippen molar-refractivity contribution in [2.45, 2.75) is 51.2 Å². The van der Waals surface area contributed by atoms with Gasteiger partial charge in [0.2, 0.25) is 0 Å². The summed E-state index contributed by atoms with van der Waals surface area (Å²) in [6, 6.07) is 1.62. The highest BCUT2D eigenvalue weighted by molar-refractivity contribution is 4.90. The normalized spacial score (nSPS) is 29.0. The minimum Gasteiger partial charge on any atom is -0.326 e. The molecule has 0 bridgehead atoms. The second kappa shape index (κ2) is 5.83. The summed E-state index contributed by atoms with van der Waals surface area (Å²) >= 11 is 0. The highest BCUT2D eigenvalue weighted by Gasteiger charge is 2.31. The third kappa shape index (κ3) is 3.44. The fourth-order valence-corrected chi connectivity index (χ4v) is 2.89. The third-order valence-corrected chi connectivity index (χ3v) is 3.52. The van der Waals surface area contributed by atoms with Gasteiger partial charge in [0.05, 0.1) is 0 Å². The number of hydrogen-bond acceptors (Lipinski definition) is 3. The average Bonchev–Trinajstić information content (AvgIpc) is 2.52. The van der Waals surface area contributed by atoms with E-state index in [1.54, 1.807) is 0 Å². The zero-order valence-corrected chi connectivity index (χ0v) is 10.7. The maximum absolute atomic E-state index is 6.17. The van der Waals surface area contributed by atoms with E-state index in [9.17, 15) is 0 Å². The summed E-state index contributed by atoms with van der Waals surface area (Å²) in [6.07, 6.45) is 3.79. The Hall–Kier alpha value is -0.120. The van der Waals surface area contributed by atoms with Crippen LogP contribution in [0.5, 0.6) is 0 Å². The standard InChI is InChI=1S/C12H27N3/c1-5-15(10(2)9-14(3)4)12-8-6-7-11(12)13/h10-12H,5-9,13H2,1-4H3. The van der Waals surface area contributed by atoms with Crippen LogP contribution in [0.1, 0.15) is 33.1 Å². The van der Waals surface area contributed by atoms with Crippen molar-refractivity contribution in [1.29, 1.82) is 0 Å². The lowest BCUT2D eigenvalue weighted by molar-refractivity contribution is 0.121. The van der Waals surface area contributed by atoms with Crippen molar-refractivity contribution in [3.05, 3.63) is 0 Å². The Labute approximate surface area is 94.6 Å². The predicted octanol–water partition coefficient (Wildman–Crippen LogP) is 1.14. The lowest BCUT2D eigenvalue weighted by Gasteiger charge is -2.36. The van der Waals surface area contributed by atoms with Crippen molar-refractivity contribution in [2.24, 2.45) is 5.73 Å². The monoisotopic (exact) mass is 213 g/mol. The lowest BCUT2D eigenvalue weighted by atomic mass is 10.1. The van der Waals surface area contributed by atoms with E-state index < -0.39 is 0 Å². The average molecular weight is 213 g/mol. The first kappa shape index (κ1) is 12.9. The van der Waals surface area contributed by atoms with Crippen LogP contribution in [0.4, 0.5) is 0 Å². The quantitative estimate of drug-likeness (QED) is 0.743. The Morgan fingerprint density at radius 3 is 2.40 bits per heavy atom. The summed E-state index contributed by atoms with van der Waals surface area (Å²) in [7, 11) is 4.28. The number of nitrogens with zero attached hydrogens (tertiary/aromatic N) is 2. The highest BCUT2D eigenvalue weighted by atomic mass is 15.2. The van der Waals surface area contributed by atoms with Crippen LogP contribution >= 0.6 is 0 Å². The molecular weight excluding hydrogens is 186 g/mol. The molecule has 3 unspecified atom stereocenters. The molecule has 0 heterocycles. The Morgan fingerprint density at radius 1 is 1.33 bits per heavy atom. The topological polar surface area (TPSA) is 32.5 Å². The van der Waals surface area contributed by atoms with Crippen molar-refractivity contribution in [3.8, 4) is 0 Å². The molecule has 0 aromatic heterocycles. The van der Waals surface area contributed by atoms with Crippen molar-refractivity contribution in [1.82, 2.24) is 9.80 Å². The van der Waals surface area contributed by atoms with Crippen LogP contribution < -0.4 is 5.73 Å². The summed E-state index contributed by atoms with van der Waals surface area (Å²) in [5.41, 5.74) is 6.17. The van der Waals surface area contributed by atoms with E-state index in [0.29, 0.717) is 18.1 Å². The van der Waals surface area contributed by atoms with Gasteiger partial charge in [-0.3, -0.25) is 4.90 Å². The third-order valence-electron chi connectivity index (χ3n) is 3.52. The molecule has 0 aromatic rings. The first-order chi connectivity index (χ1) is 7.06. The first-order valence-electron chi connectivity index (χ1n) is 6.22. The van der Waals surface area contributed by atoms with Crippen LogP contribution in [0.15, 0.2) is 0 Å². The molecule has 3 heteroatoms. The maximum Gasteiger partial charge on any atom is 0.0250 e. The fourth-order valence-electron chi connectivity index (χ4n) is 2.89. The molecule has 1 rings (SSSR count).